The van der Waals surface area contributed by atoms with Crippen molar-refractivity contribution in [2.75, 3.05) is 0 Å². The first-order valence-electron chi connectivity index (χ1n) is 10.0. The molecule has 1 heterocycles. The fourth-order valence-corrected chi connectivity index (χ4v) is 3.92. The molecule has 0 aromatic heterocycles. The Kier molecular flexibility index (Phi) is 5.33. The zero-order chi connectivity index (χ0) is 24.0. The second kappa shape index (κ2) is 8.01. The molecular weight excluding hydrogens is 432 g/mol. The number of hydrogen-bond donors (Lipinski definition) is 6. The molecule has 9 nitrogen and oxygen atoms in total. The van der Waals surface area contributed by atoms with E-state index in [1.807, 2.05) is 0 Å². The molecule has 0 aliphatic carbocycles. The first-order chi connectivity index (χ1) is 15.5. The van der Waals surface area contributed by atoms with Crippen LogP contribution in [0.4, 0.5) is 0 Å². The van der Waals surface area contributed by atoms with E-state index in [-0.39, 0.29) is 35.0 Å². The average Bonchev–Trinajstić information content (AvgIpc) is 2.75. The van der Waals surface area contributed by atoms with Crippen molar-refractivity contribution in [3.05, 3.63) is 64.2 Å². The van der Waals surface area contributed by atoms with Crippen LogP contribution < -0.4 is 4.74 Å². The molecule has 1 unspecified atom stereocenters. The first kappa shape index (κ1) is 21.9. The van der Waals surface area contributed by atoms with E-state index >= 15 is 0 Å². The quantitative estimate of drug-likeness (QED) is 0.258. The number of esters is 1. The SMILES string of the molecule is Cc1cc([C@H]2Oc3cc(O)cc(O)c3CC2OC(=O)c2cc(O)c(O)c(O)c2)cc(C)c1O. The normalized spacial score (nSPS) is 17.2. The highest BCUT2D eigenvalue weighted by molar-refractivity contribution is 5.91. The van der Waals surface area contributed by atoms with E-state index in [4.69, 9.17) is 9.47 Å². The Morgan fingerprint density at radius 3 is 2.06 bits per heavy atom. The smallest absolute Gasteiger partial charge is 0.338 e. The summed E-state index contributed by atoms with van der Waals surface area (Å²) in [5.41, 5.74) is 1.87. The second-order valence-electron chi connectivity index (χ2n) is 7.99. The van der Waals surface area contributed by atoms with Crippen molar-refractivity contribution < 1.29 is 44.9 Å². The molecule has 1 aliphatic heterocycles. The number of phenols is 6. The average molecular weight is 454 g/mol. The molecule has 0 saturated heterocycles. The molecule has 0 spiro atoms. The molecule has 2 atom stereocenters. The van der Waals surface area contributed by atoms with Crippen molar-refractivity contribution >= 4 is 5.97 Å². The van der Waals surface area contributed by atoms with E-state index < -0.39 is 35.4 Å². The Labute approximate surface area is 188 Å². The summed E-state index contributed by atoms with van der Waals surface area (Å²) in [5, 5.41) is 59.2. The van der Waals surface area contributed by atoms with E-state index in [1.165, 1.54) is 6.07 Å². The van der Waals surface area contributed by atoms with Crippen LogP contribution in [0.25, 0.3) is 0 Å². The van der Waals surface area contributed by atoms with E-state index in [0.717, 1.165) is 18.2 Å². The van der Waals surface area contributed by atoms with Gasteiger partial charge in [-0.3, -0.25) is 0 Å². The van der Waals surface area contributed by atoms with Crippen LogP contribution in [-0.2, 0) is 11.2 Å². The van der Waals surface area contributed by atoms with Gasteiger partial charge in [-0.25, -0.2) is 4.79 Å². The van der Waals surface area contributed by atoms with Gasteiger partial charge in [-0.1, -0.05) is 0 Å². The zero-order valence-electron chi connectivity index (χ0n) is 17.7. The van der Waals surface area contributed by atoms with Gasteiger partial charge in [0.25, 0.3) is 0 Å². The van der Waals surface area contributed by atoms with Gasteiger partial charge >= 0.3 is 5.97 Å². The van der Waals surface area contributed by atoms with Crippen molar-refractivity contribution in [1.82, 2.24) is 0 Å². The van der Waals surface area contributed by atoms with Crippen molar-refractivity contribution in [1.29, 1.82) is 0 Å². The van der Waals surface area contributed by atoms with E-state index in [9.17, 15) is 35.4 Å². The van der Waals surface area contributed by atoms with Crippen LogP contribution in [0.1, 0.15) is 38.7 Å². The van der Waals surface area contributed by atoms with Gasteiger partial charge in [0.1, 0.15) is 29.1 Å². The summed E-state index contributed by atoms with van der Waals surface area (Å²) in [7, 11) is 0. The van der Waals surface area contributed by atoms with Gasteiger partial charge in [0.15, 0.2) is 23.4 Å². The van der Waals surface area contributed by atoms with Crippen LogP contribution in [0, 0.1) is 13.8 Å². The van der Waals surface area contributed by atoms with Crippen LogP contribution in [0.3, 0.4) is 0 Å². The number of phenolic OH excluding ortho intramolecular Hbond substituents is 6. The van der Waals surface area contributed by atoms with E-state index in [2.05, 4.69) is 0 Å². The Morgan fingerprint density at radius 1 is 0.848 bits per heavy atom. The van der Waals surface area contributed by atoms with Crippen molar-refractivity contribution in [2.24, 2.45) is 0 Å². The number of carbonyl (C=O) groups excluding carboxylic acids is 1. The van der Waals surface area contributed by atoms with Crippen molar-refractivity contribution in [3.8, 4) is 40.2 Å². The largest absolute Gasteiger partial charge is 0.508 e. The van der Waals surface area contributed by atoms with Crippen LogP contribution in [0.2, 0.25) is 0 Å². The standard InChI is InChI=1S/C24H22O9/c1-10-3-12(4-11(2)21(10)29)23-20(9-15-16(26)7-14(25)8-19(15)32-23)33-24(31)13-5-17(27)22(30)18(28)6-13/h3-8,20,23,25-30H,9H2,1-2H3/t20?,23-/m1/s1. The minimum atomic E-state index is -0.957. The third-order valence-corrected chi connectivity index (χ3v) is 5.57. The van der Waals surface area contributed by atoms with Gasteiger partial charge in [-0.2, -0.15) is 0 Å². The van der Waals surface area contributed by atoms with Gasteiger partial charge in [-0.15, -0.1) is 0 Å². The molecule has 0 fully saturated rings. The summed E-state index contributed by atoms with van der Waals surface area (Å²) in [6, 6.07) is 7.75. The predicted octanol–water partition coefficient (Wildman–Crippen LogP) is 3.44. The fourth-order valence-electron chi connectivity index (χ4n) is 3.92. The molecule has 172 valence electrons. The molecule has 6 N–H and O–H groups in total. The second-order valence-corrected chi connectivity index (χ2v) is 7.99. The monoisotopic (exact) mass is 454 g/mol. The molecule has 3 aromatic rings. The molecule has 0 saturated carbocycles. The maximum Gasteiger partial charge on any atom is 0.338 e. The lowest BCUT2D eigenvalue weighted by Gasteiger charge is -2.34. The van der Waals surface area contributed by atoms with E-state index in [1.54, 1.807) is 26.0 Å². The molecule has 1 aliphatic rings. The van der Waals surface area contributed by atoms with Crippen molar-refractivity contribution in [3.63, 3.8) is 0 Å². The van der Waals surface area contributed by atoms with Crippen LogP contribution >= 0.6 is 0 Å². The van der Waals surface area contributed by atoms with Crippen LogP contribution in [0.15, 0.2) is 36.4 Å². The Hall–Kier alpha value is -4.27. The summed E-state index contributed by atoms with van der Waals surface area (Å²) < 4.78 is 11.7. The zero-order valence-corrected chi connectivity index (χ0v) is 17.7. The number of rotatable bonds is 3. The number of aryl methyl sites for hydroxylation is 2. The minimum Gasteiger partial charge on any atom is -0.508 e. The molecule has 3 aromatic carbocycles. The maximum absolute atomic E-state index is 12.8. The van der Waals surface area contributed by atoms with Gasteiger partial charge in [0.2, 0.25) is 0 Å². The lowest BCUT2D eigenvalue weighted by atomic mass is 9.92. The Bertz CT molecular complexity index is 1220. The van der Waals surface area contributed by atoms with Crippen LogP contribution in [-0.4, -0.2) is 42.7 Å². The summed E-state index contributed by atoms with van der Waals surface area (Å²) in [5.74, 6) is -3.16. The minimum absolute atomic E-state index is 0.0346. The number of aromatic hydroxyl groups is 6. The molecular formula is C24H22O9. The van der Waals surface area contributed by atoms with Crippen LogP contribution in [0.5, 0.6) is 40.2 Å². The molecule has 0 amide bonds. The molecule has 9 heteroatoms. The number of hydrogen-bond acceptors (Lipinski definition) is 9. The Morgan fingerprint density at radius 2 is 1.45 bits per heavy atom. The predicted molar refractivity (Wildman–Crippen MR) is 115 cm³/mol. The third kappa shape index (κ3) is 4.00. The van der Waals surface area contributed by atoms with Gasteiger partial charge in [-0.05, 0) is 54.8 Å². The fraction of sp³-hybridized carbons (Fsp3) is 0.208. The summed E-state index contributed by atoms with van der Waals surface area (Å²) in [6.45, 7) is 3.42. The third-order valence-electron chi connectivity index (χ3n) is 5.57. The maximum atomic E-state index is 12.8. The number of benzene rings is 3. The number of ether oxygens (including phenoxy) is 2. The molecule has 33 heavy (non-hydrogen) atoms. The lowest BCUT2D eigenvalue weighted by Crippen LogP contribution is -2.35. The first-order valence-corrected chi connectivity index (χ1v) is 10.0. The summed E-state index contributed by atoms with van der Waals surface area (Å²) in [6.07, 6.45) is -1.78. The van der Waals surface area contributed by atoms with E-state index in [0.29, 0.717) is 22.3 Å². The van der Waals surface area contributed by atoms with Gasteiger partial charge < -0.3 is 40.1 Å². The van der Waals surface area contributed by atoms with Crippen molar-refractivity contribution in [2.45, 2.75) is 32.5 Å². The lowest BCUT2D eigenvalue weighted by molar-refractivity contribution is -0.0188. The highest BCUT2D eigenvalue weighted by Gasteiger charge is 2.37. The molecule has 0 radical (unpaired) electrons. The highest BCUT2D eigenvalue weighted by atomic mass is 16.6. The summed E-state index contributed by atoms with van der Waals surface area (Å²) >= 11 is 0. The molecule has 4 rings (SSSR count). The number of carbonyl (C=O) groups is 1. The topological polar surface area (TPSA) is 157 Å². The number of fused-ring (bicyclic) bond motifs is 1. The highest BCUT2D eigenvalue weighted by Crippen LogP contribution is 2.44. The summed E-state index contributed by atoms with van der Waals surface area (Å²) in [4.78, 5) is 12.8. The van der Waals surface area contributed by atoms with Gasteiger partial charge in [0.05, 0.1) is 5.56 Å². The molecule has 0 bridgehead atoms. The van der Waals surface area contributed by atoms with Gasteiger partial charge in [0, 0.05) is 24.1 Å². The Balaban J connectivity index is 1.75.